The van der Waals surface area contributed by atoms with Gasteiger partial charge in [0.2, 0.25) is 0 Å². The minimum atomic E-state index is -1.04. The van der Waals surface area contributed by atoms with Crippen LogP contribution in [0.15, 0.2) is 0 Å². The quantitative estimate of drug-likeness (QED) is 0.579. The molecule has 2 bridgehead atoms. The highest BCUT2D eigenvalue weighted by molar-refractivity contribution is 5.22. The zero-order valence-electron chi connectivity index (χ0n) is 7.29. The molecule has 3 atom stereocenters. The summed E-state index contributed by atoms with van der Waals surface area (Å²) in [6.45, 7) is 0. The third kappa shape index (κ3) is 0.612. The van der Waals surface area contributed by atoms with E-state index in [1.54, 1.807) is 0 Å². The van der Waals surface area contributed by atoms with Gasteiger partial charge in [-0.3, -0.25) is 0 Å². The predicted octanol–water partition coefficient (Wildman–Crippen LogP) is 1.27. The van der Waals surface area contributed by atoms with Crippen LogP contribution in [0.5, 0.6) is 0 Å². The van der Waals surface area contributed by atoms with Crippen LogP contribution in [0.1, 0.15) is 38.5 Å². The minimum Gasteiger partial charge on any atom is -0.368 e. The molecule has 3 fully saturated rings. The molecule has 0 aliphatic heterocycles. The Balaban J connectivity index is 1.94. The summed E-state index contributed by atoms with van der Waals surface area (Å²) in [5.41, 5.74) is 0.332. The number of hydrogen-bond acceptors (Lipinski definition) is 2. The maximum Gasteiger partial charge on any atom is 0.157 e. The molecule has 3 rings (SSSR count). The Labute approximate surface area is 72.6 Å². The van der Waals surface area contributed by atoms with Crippen LogP contribution in [-0.4, -0.2) is 16.5 Å². The van der Waals surface area contributed by atoms with E-state index in [0.29, 0.717) is 5.41 Å². The Hall–Kier alpha value is -0.0800. The lowest BCUT2D eigenvalue weighted by Gasteiger charge is -2.22. The van der Waals surface area contributed by atoms with Gasteiger partial charge in [0.05, 0.1) is 0 Å². The number of fused-ring (bicyclic) bond motifs is 1. The fraction of sp³-hybridized carbons (Fsp3) is 1.00. The molecular formula is C10H16O2. The smallest absolute Gasteiger partial charge is 0.157 e. The molecule has 2 heteroatoms. The Bertz CT molecular complexity index is 226. The standard InChI is InChI=1S/C10H16O2/c11-8(12)10-5-7-2-1-3-9(10,4-7)6-10/h7-8,11-12H,1-6H2/t7-,9?,10-/m0/s1. The van der Waals surface area contributed by atoms with Gasteiger partial charge < -0.3 is 10.2 Å². The molecule has 0 amide bonds. The molecule has 3 aliphatic rings. The van der Waals surface area contributed by atoms with Gasteiger partial charge in [0, 0.05) is 5.41 Å². The number of hydrogen-bond donors (Lipinski definition) is 2. The lowest BCUT2D eigenvalue weighted by molar-refractivity contribution is -0.105. The van der Waals surface area contributed by atoms with Crippen molar-refractivity contribution in [2.45, 2.75) is 44.8 Å². The monoisotopic (exact) mass is 168 g/mol. The molecule has 0 aromatic carbocycles. The molecule has 2 N–H and O–H groups in total. The van der Waals surface area contributed by atoms with Gasteiger partial charge in [-0.2, -0.15) is 0 Å². The van der Waals surface area contributed by atoms with Crippen molar-refractivity contribution in [3.05, 3.63) is 0 Å². The highest BCUT2D eigenvalue weighted by Crippen LogP contribution is 2.80. The normalized spacial score (nSPS) is 55.8. The summed E-state index contributed by atoms with van der Waals surface area (Å²) in [5.74, 6) is 0.814. The Morgan fingerprint density at radius 3 is 2.75 bits per heavy atom. The lowest BCUT2D eigenvalue weighted by Crippen LogP contribution is -2.23. The van der Waals surface area contributed by atoms with Crippen molar-refractivity contribution < 1.29 is 10.2 Å². The highest BCUT2D eigenvalue weighted by Gasteiger charge is 2.75. The number of rotatable bonds is 1. The summed E-state index contributed by atoms with van der Waals surface area (Å²) in [5, 5.41) is 18.7. The summed E-state index contributed by atoms with van der Waals surface area (Å²) in [6, 6.07) is 0. The highest BCUT2D eigenvalue weighted by atomic mass is 16.5. The summed E-state index contributed by atoms with van der Waals surface area (Å²) < 4.78 is 0. The van der Waals surface area contributed by atoms with Crippen LogP contribution in [0.4, 0.5) is 0 Å². The molecule has 1 spiro atoms. The third-order valence-electron chi connectivity index (χ3n) is 4.68. The molecular weight excluding hydrogens is 152 g/mol. The van der Waals surface area contributed by atoms with E-state index >= 15 is 0 Å². The Kier molecular flexibility index (Phi) is 1.15. The van der Waals surface area contributed by atoms with Crippen LogP contribution in [0.25, 0.3) is 0 Å². The van der Waals surface area contributed by atoms with Gasteiger partial charge in [0.15, 0.2) is 6.29 Å². The van der Waals surface area contributed by atoms with E-state index in [2.05, 4.69) is 0 Å². The fourth-order valence-electron chi connectivity index (χ4n) is 4.11. The SMILES string of the molecule is OC(O)[C@@]12C[C@H]3CCCC1(C3)C2. The van der Waals surface area contributed by atoms with Crippen molar-refractivity contribution in [2.24, 2.45) is 16.7 Å². The molecule has 2 nitrogen and oxygen atoms in total. The van der Waals surface area contributed by atoms with Crippen LogP contribution in [-0.2, 0) is 0 Å². The van der Waals surface area contributed by atoms with E-state index in [1.807, 2.05) is 0 Å². The summed E-state index contributed by atoms with van der Waals surface area (Å²) in [7, 11) is 0. The minimum absolute atomic E-state index is 0.0475. The zero-order valence-corrected chi connectivity index (χ0v) is 7.29. The van der Waals surface area contributed by atoms with Crippen molar-refractivity contribution in [3.63, 3.8) is 0 Å². The molecule has 0 heterocycles. The summed E-state index contributed by atoms with van der Waals surface area (Å²) in [4.78, 5) is 0. The van der Waals surface area contributed by atoms with Crippen LogP contribution >= 0.6 is 0 Å². The van der Waals surface area contributed by atoms with Gasteiger partial charge in [-0.25, -0.2) is 0 Å². The van der Waals surface area contributed by atoms with Crippen LogP contribution in [0.3, 0.4) is 0 Å². The van der Waals surface area contributed by atoms with Gasteiger partial charge >= 0.3 is 0 Å². The first-order valence-corrected chi connectivity index (χ1v) is 5.05. The van der Waals surface area contributed by atoms with Gasteiger partial charge in [0.1, 0.15) is 0 Å². The van der Waals surface area contributed by atoms with Crippen molar-refractivity contribution in [1.82, 2.24) is 0 Å². The first-order chi connectivity index (χ1) is 5.69. The summed E-state index contributed by atoms with van der Waals surface area (Å²) >= 11 is 0. The van der Waals surface area contributed by atoms with Crippen molar-refractivity contribution in [1.29, 1.82) is 0 Å². The van der Waals surface area contributed by atoms with Crippen LogP contribution in [0, 0.1) is 16.7 Å². The van der Waals surface area contributed by atoms with Gasteiger partial charge in [-0.1, -0.05) is 12.8 Å². The zero-order chi connectivity index (χ0) is 8.40. The van der Waals surface area contributed by atoms with Crippen molar-refractivity contribution in [2.75, 3.05) is 0 Å². The molecule has 3 saturated carbocycles. The second kappa shape index (κ2) is 1.88. The van der Waals surface area contributed by atoms with Crippen LogP contribution < -0.4 is 0 Å². The fourth-order valence-corrected chi connectivity index (χ4v) is 4.11. The average molecular weight is 168 g/mol. The molecule has 0 radical (unpaired) electrons. The lowest BCUT2D eigenvalue weighted by atomic mass is 9.83. The van der Waals surface area contributed by atoms with E-state index in [1.165, 1.54) is 25.7 Å². The molecule has 0 aromatic rings. The number of aliphatic hydroxyl groups is 2. The number of aliphatic hydroxyl groups excluding tert-OH is 1. The maximum atomic E-state index is 9.35. The van der Waals surface area contributed by atoms with Gasteiger partial charge in [0.25, 0.3) is 0 Å². The van der Waals surface area contributed by atoms with Gasteiger partial charge in [-0.15, -0.1) is 0 Å². The molecule has 1 unspecified atom stereocenters. The van der Waals surface area contributed by atoms with Gasteiger partial charge in [-0.05, 0) is 37.0 Å². The van der Waals surface area contributed by atoms with Crippen molar-refractivity contribution in [3.8, 4) is 0 Å². The Morgan fingerprint density at radius 1 is 1.25 bits per heavy atom. The van der Waals surface area contributed by atoms with Crippen LogP contribution in [0.2, 0.25) is 0 Å². The molecule has 12 heavy (non-hydrogen) atoms. The van der Waals surface area contributed by atoms with E-state index in [4.69, 9.17) is 0 Å². The van der Waals surface area contributed by atoms with Crippen molar-refractivity contribution >= 4 is 0 Å². The van der Waals surface area contributed by atoms with E-state index in [0.717, 1.165) is 18.8 Å². The maximum absolute atomic E-state index is 9.35. The third-order valence-corrected chi connectivity index (χ3v) is 4.68. The first-order valence-electron chi connectivity index (χ1n) is 5.05. The van der Waals surface area contributed by atoms with E-state index in [9.17, 15) is 10.2 Å². The first kappa shape index (κ1) is 7.34. The second-order valence-corrected chi connectivity index (χ2v) is 5.15. The molecule has 0 saturated heterocycles. The van der Waals surface area contributed by atoms with E-state index in [-0.39, 0.29) is 5.41 Å². The molecule has 68 valence electrons. The largest absolute Gasteiger partial charge is 0.368 e. The summed E-state index contributed by atoms with van der Waals surface area (Å²) in [6.07, 6.45) is 6.32. The topological polar surface area (TPSA) is 40.5 Å². The predicted molar refractivity (Wildman–Crippen MR) is 44.3 cm³/mol. The Morgan fingerprint density at radius 2 is 2.08 bits per heavy atom. The molecule has 0 aromatic heterocycles. The molecule has 3 aliphatic carbocycles. The second-order valence-electron chi connectivity index (χ2n) is 5.15. The average Bonchev–Trinajstić information content (AvgIpc) is 2.52. The van der Waals surface area contributed by atoms with E-state index < -0.39 is 6.29 Å².